The van der Waals surface area contributed by atoms with Crippen molar-refractivity contribution in [3.63, 3.8) is 0 Å². The Morgan fingerprint density at radius 2 is 1.90 bits per heavy atom. The molecule has 21 heavy (non-hydrogen) atoms. The van der Waals surface area contributed by atoms with E-state index < -0.39 is 4.92 Å². The number of halogens is 1. The highest BCUT2D eigenvalue weighted by Gasteiger charge is 2.12. The van der Waals surface area contributed by atoms with Gasteiger partial charge >= 0.3 is 0 Å². The summed E-state index contributed by atoms with van der Waals surface area (Å²) in [7, 11) is 0. The fourth-order valence-electron chi connectivity index (χ4n) is 1.99. The van der Waals surface area contributed by atoms with Crippen LogP contribution in [0.3, 0.4) is 0 Å². The van der Waals surface area contributed by atoms with Gasteiger partial charge in [-0.15, -0.1) is 0 Å². The zero-order chi connectivity index (χ0) is 14.8. The molecule has 1 heterocycles. The SMILES string of the molecule is O=[N+]([O-])c1cccc2cc(Sc3cccc(F)c3)cnc12. The maximum atomic E-state index is 13.2. The van der Waals surface area contributed by atoms with Crippen molar-refractivity contribution in [3.8, 4) is 0 Å². The van der Waals surface area contributed by atoms with Gasteiger partial charge in [-0.2, -0.15) is 0 Å². The standard InChI is InChI=1S/C15H9FN2O2S/c16-11-4-2-5-12(8-11)21-13-7-10-3-1-6-14(18(19)20)15(10)17-9-13/h1-9H. The van der Waals surface area contributed by atoms with Crippen molar-refractivity contribution in [2.45, 2.75) is 9.79 Å². The highest BCUT2D eigenvalue weighted by atomic mass is 32.2. The van der Waals surface area contributed by atoms with Crippen LogP contribution in [0.2, 0.25) is 0 Å². The van der Waals surface area contributed by atoms with Crippen molar-refractivity contribution in [1.82, 2.24) is 4.98 Å². The van der Waals surface area contributed by atoms with Crippen LogP contribution >= 0.6 is 11.8 Å². The molecule has 0 saturated carbocycles. The van der Waals surface area contributed by atoms with Gasteiger partial charge in [0.1, 0.15) is 11.3 Å². The molecule has 0 bridgehead atoms. The molecule has 0 fully saturated rings. The molecule has 104 valence electrons. The van der Waals surface area contributed by atoms with Crippen LogP contribution in [0.5, 0.6) is 0 Å². The Labute approximate surface area is 123 Å². The van der Waals surface area contributed by atoms with Crippen molar-refractivity contribution in [1.29, 1.82) is 0 Å². The van der Waals surface area contributed by atoms with E-state index in [1.54, 1.807) is 30.5 Å². The molecule has 0 saturated heterocycles. The monoisotopic (exact) mass is 300 g/mol. The lowest BCUT2D eigenvalue weighted by Gasteiger charge is -2.04. The molecule has 0 spiro atoms. The fourth-order valence-corrected chi connectivity index (χ4v) is 2.88. The number of fused-ring (bicyclic) bond motifs is 1. The predicted octanol–water partition coefficient (Wildman–Crippen LogP) is 4.43. The first-order chi connectivity index (χ1) is 10.1. The van der Waals surface area contributed by atoms with Crippen molar-refractivity contribution >= 4 is 28.4 Å². The number of hydrogen-bond donors (Lipinski definition) is 0. The van der Waals surface area contributed by atoms with Crippen LogP contribution in [-0.4, -0.2) is 9.91 Å². The quantitative estimate of drug-likeness (QED) is 0.530. The average molecular weight is 300 g/mol. The normalized spacial score (nSPS) is 10.7. The zero-order valence-corrected chi connectivity index (χ0v) is 11.5. The van der Waals surface area contributed by atoms with Gasteiger partial charge in [0.2, 0.25) is 0 Å². The Kier molecular flexibility index (Phi) is 3.53. The molecule has 6 heteroatoms. The number of nitro benzene ring substituents is 1. The molecule has 0 radical (unpaired) electrons. The van der Waals surface area contributed by atoms with E-state index in [0.717, 1.165) is 9.79 Å². The van der Waals surface area contributed by atoms with Gasteiger partial charge in [-0.1, -0.05) is 30.0 Å². The molecular formula is C15H9FN2O2S. The third-order valence-electron chi connectivity index (χ3n) is 2.89. The smallest absolute Gasteiger partial charge is 0.258 e. The molecule has 0 atom stereocenters. The lowest BCUT2D eigenvalue weighted by molar-refractivity contribution is -0.383. The van der Waals surface area contributed by atoms with E-state index in [2.05, 4.69) is 4.98 Å². The van der Waals surface area contributed by atoms with E-state index in [0.29, 0.717) is 10.9 Å². The summed E-state index contributed by atoms with van der Waals surface area (Å²) < 4.78 is 13.2. The summed E-state index contributed by atoms with van der Waals surface area (Å²) in [6, 6.07) is 12.9. The van der Waals surface area contributed by atoms with Crippen LogP contribution in [0, 0.1) is 15.9 Å². The summed E-state index contributed by atoms with van der Waals surface area (Å²) in [4.78, 5) is 16.2. The number of pyridine rings is 1. The van der Waals surface area contributed by atoms with Gasteiger partial charge in [-0.3, -0.25) is 10.1 Å². The lowest BCUT2D eigenvalue weighted by atomic mass is 10.2. The number of nitrogens with zero attached hydrogens (tertiary/aromatic N) is 2. The van der Waals surface area contributed by atoms with Gasteiger partial charge in [0.25, 0.3) is 5.69 Å². The van der Waals surface area contributed by atoms with E-state index in [4.69, 9.17) is 0 Å². The van der Waals surface area contributed by atoms with E-state index in [1.165, 1.54) is 30.0 Å². The van der Waals surface area contributed by atoms with E-state index in [-0.39, 0.29) is 11.5 Å². The van der Waals surface area contributed by atoms with Gasteiger partial charge < -0.3 is 0 Å². The topological polar surface area (TPSA) is 56.0 Å². The highest BCUT2D eigenvalue weighted by molar-refractivity contribution is 7.99. The number of rotatable bonds is 3. The van der Waals surface area contributed by atoms with E-state index >= 15 is 0 Å². The van der Waals surface area contributed by atoms with Crippen LogP contribution in [0.4, 0.5) is 10.1 Å². The second-order valence-electron chi connectivity index (χ2n) is 4.34. The number of nitro groups is 1. The first-order valence-corrected chi connectivity index (χ1v) is 6.92. The van der Waals surface area contributed by atoms with Gasteiger partial charge in [0, 0.05) is 27.4 Å². The van der Waals surface area contributed by atoms with Gasteiger partial charge in [0.15, 0.2) is 0 Å². The first-order valence-electron chi connectivity index (χ1n) is 6.10. The Balaban J connectivity index is 2.00. The fraction of sp³-hybridized carbons (Fsp3) is 0. The van der Waals surface area contributed by atoms with Crippen molar-refractivity contribution < 1.29 is 9.31 Å². The third-order valence-corrected chi connectivity index (χ3v) is 3.84. The second-order valence-corrected chi connectivity index (χ2v) is 5.48. The average Bonchev–Trinajstić information content (AvgIpc) is 2.46. The Morgan fingerprint density at radius 1 is 1.10 bits per heavy atom. The summed E-state index contributed by atoms with van der Waals surface area (Å²) in [6.45, 7) is 0. The van der Waals surface area contributed by atoms with Crippen molar-refractivity contribution in [2.75, 3.05) is 0 Å². The molecule has 0 aliphatic heterocycles. The van der Waals surface area contributed by atoms with Crippen LogP contribution in [0.1, 0.15) is 0 Å². The first kappa shape index (κ1) is 13.5. The predicted molar refractivity (Wildman–Crippen MR) is 78.9 cm³/mol. The third kappa shape index (κ3) is 2.85. The number of benzene rings is 2. The van der Waals surface area contributed by atoms with E-state index in [1.807, 2.05) is 6.07 Å². The molecule has 0 amide bonds. The molecule has 3 aromatic rings. The van der Waals surface area contributed by atoms with Crippen LogP contribution in [-0.2, 0) is 0 Å². The summed E-state index contributed by atoms with van der Waals surface area (Å²) in [6.07, 6.45) is 1.56. The number of non-ortho nitro benzene ring substituents is 1. The minimum Gasteiger partial charge on any atom is -0.258 e. The number of aromatic nitrogens is 1. The second kappa shape index (κ2) is 5.49. The molecule has 0 unspecified atom stereocenters. The minimum absolute atomic E-state index is 0.0187. The van der Waals surface area contributed by atoms with Crippen LogP contribution < -0.4 is 0 Å². The molecule has 1 aromatic heterocycles. The van der Waals surface area contributed by atoms with Crippen molar-refractivity contribution in [2.24, 2.45) is 0 Å². The molecule has 4 nitrogen and oxygen atoms in total. The Morgan fingerprint density at radius 3 is 2.67 bits per heavy atom. The molecule has 0 N–H and O–H groups in total. The van der Waals surface area contributed by atoms with Gasteiger partial charge in [0.05, 0.1) is 4.92 Å². The van der Waals surface area contributed by atoms with Crippen LogP contribution in [0.25, 0.3) is 10.9 Å². The Hall–Kier alpha value is -2.47. The van der Waals surface area contributed by atoms with Crippen molar-refractivity contribution in [3.05, 3.63) is 70.7 Å². The zero-order valence-electron chi connectivity index (χ0n) is 10.7. The van der Waals surface area contributed by atoms with E-state index in [9.17, 15) is 14.5 Å². The van der Waals surface area contributed by atoms with Crippen LogP contribution in [0.15, 0.2) is 64.5 Å². The lowest BCUT2D eigenvalue weighted by Crippen LogP contribution is -1.91. The maximum absolute atomic E-state index is 13.2. The summed E-state index contributed by atoms with van der Waals surface area (Å²) in [5, 5.41) is 11.6. The maximum Gasteiger partial charge on any atom is 0.295 e. The minimum atomic E-state index is -0.450. The molecular weight excluding hydrogens is 291 g/mol. The van der Waals surface area contributed by atoms with Gasteiger partial charge in [-0.25, -0.2) is 9.37 Å². The summed E-state index contributed by atoms with van der Waals surface area (Å²) in [5.41, 5.74) is 0.334. The summed E-state index contributed by atoms with van der Waals surface area (Å²) >= 11 is 1.36. The number of hydrogen-bond acceptors (Lipinski definition) is 4. The summed E-state index contributed by atoms with van der Waals surface area (Å²) in [5.74, 6) is -0.301. The number of para-hydroxylation sites is 1. The Bertz CT molecular complexity index is 839. The molecule has 2 aromatic carbocycles. The highest BCUT2D eigenvalue weighted by Crippen LogP contribution is 2.31. The largest absolute Gasteiger partial charge is 0.295 e. The molecule has 0 aliphatic rings. The van der Waals surface area contributed by atoms with Gasteiger partial charge in [-0.05, 0) is 24.3 Å². The molecule has 3 rings (SSSR count). The molecule has 0 aliphatic carbocycles.